The van der Waals surface area contributed by atoms with E-state index in [1.54, 1.807) is 6.07 Å². The van der Waals surface area contributed by atoms with Gasteiger partial charge in [-0.1, -0.05) is 6.92 Å². The van der Waals surface area contributed by atoms with Gasteiger partial charge in [0.25, 0.3) is 0 Å². The maximum Gasteiger partial charge on any atom is 0.123 e. The van der Waals surface area contributed by atoms with E-state index in [1.807, 2.05) is 13.0 Å². The van der Waals surface area contributed by atoms with E-state index in [1.165, 1.54) is 6.07 Å². The van der Waals surface area contributed by atoms with Gasteiger partial charge in [-0.25, -0.2) is 4.39 Å². The second kappa shape index (κ2) is 8.06. The smallest absolute Gasteiger partial charge is 0.123 e. The summed E-state index contributed by atoms with van der Waals surface area (Å²) in [5.74, 6) is -0.204. The molecule has 0 spiro atoms. The quantitative estimate of drug-likeness (QED) is 0.746. The van der Waals surface area contributed by atoms with E-state index in [9.17, 15) is 4.39 Å². The maximum absolute atomic E-state index is 13.3. The lowest BCUT2D eigenvalue weighted by Gasteiger charge is -2.25. The number of anilines is 1. The van der Waals surface area contributed by atoms with E-state index >= 15 is 0 Å². The molecule has 0 radical (unpaired) electrons. The Morgan fingerprint density at radius 2 is 2.11 bits per heavy atom. The molecule has 1 aromatic rings. The first-order chi connectivity index (χ1) is 8.72. The van der Waals surface area contributed by atoms with Crippen molar-refractivity contribution in [1.82, 2.24) is 5.32 Å². The molecule has 0 heterocycles. The molecule has 0 fully saturated rings. The van der Waals surface area contributed by atoms with Crippen molar-refractivity contribution in [2.45, 2.75) is 26.8 Å². The molecule has 0 saturated heterocycles. The van der Waals surface area contributed by atoms with E-state index in [0.717, 1.165) is 37.3 Å². The van der Waals surface area contributed by atoms with Crippen molar-refractivity contribution in [2.75, 3.05) is 31.1 Å². The second-order valence-electron chi connectivity index (χ2n) is 4.21. The minimum absolute atomic E-state index is 0.181. The van der Waals surface area contributed by atoms with Crippen LogP contribution in [0.25, 0.3) is 0 Å². The SMILES string of the molecule is CCNCc1cc(F)ccc1N(CC)CCCO. The number of hydrogen-bond donors (Lipinski definition) is 2. The molecule has 0 atom stereocenters. The molecule has 2 N–H and O–H groups in total. The minimum Gasteiger partial charge on any atom is -0.396 e. The van der Waals surface area contributed by atoms with Gasteiger partial charge in [0.15, 0.2) is 0 Å². The summed E-state index contributed by atoms with van der Waals surface area (Å²) >= 11 is 0. The fourth-order valence-corrected chi connectivity index (χ4v) is 1.97. The third-order valence-electron chi connectivity index (χ3n) is 2.92. The van der Waals surface area contributed by atoms with Gasteiger partial charge in [0.2, 0.25) is 0 Å². The van der Waals surface area contributed by atoms with Gasteiger partial charge >= 0.3 is 0 Å². The lowest BCUT2D eigenvalue weighted by Crippen LogP contribution is -2.27. The second-order valence-corrected chi connectivity index (χ2v) is 4.21. The lowest BCUT2D eigenvalue weighted by molar-refractivity contribution is 0.289. The molecule has 0 saturated carbocycles. The Balaban J connectivity index is 2.89. The number of nitrogens with one attached hydrogen (secondary N) is 1. The summed E-state index contributed by atoms with van der Waals surface area (Å²) in [4.78, 5) is 2.17. The van der Waals surface area contributed by atoms with Crippen molar-refractivity contribution >= 4 is 5.69 Å². The number of rotatable bonds is 8. The van der Waals surface area contributed by atoms with Crippen LogP contribution >= 0.6 is 0 Å². The van der Waals surface area contributed by atoms with Crippen LogP contribution in [0.1, 0.15) is 25.8 Å². The first-order valence-corrected chi connectivity index (χ1v) is 6.57. The molecule has 0 aliphatic rings. The van der Waals surface area contributed by atoms with Gasteiger partial charge in [0.05, 0.1) is 0 Å². The Morgan fingerprint density at radius 1 is 1.33 bits per heavy atom. The summed E-state index contributed by atoms with van der Waals surface area (Å²) in [6.07, 6.45) is 0.728. The van der Waals surface area contributed by atoms with E-state index in [-0.39, 0.29) is 12.4 Å². The van der Waals surface area contributed by atoms with Gasteiger partial charge in [-0.3, -0.25) is 0 Å². The fraction of sp³-hybridized carbons (Fsp3) is 0.571. The van der Waals surface area contributed by atoms with Crippen LogP contribution < -0.4 is 10.2 Å². The van der Waals surface area contributed by atoms with Crippen LogP contribution in [0, 0.1) is 5.82 Å². The normalized spacial score (nSPS) is 10.7. The molecule has 0 aromatic heterocycles. The van der Waals surface area contributed by atoms with Crippen LogP contribution in [0.15, 0.2) is 18.2 Å². The van der Waals surface area contributed by atoms with E-state index in [0.29, 0.717) is 6.54 Å². The molecular weight excluding hydrogens is 231 g/mol. The number of aliphatic hydroxyl groups is 1. The topological polar surface area (TPSA) is 35.5 Å². The van der Waals surface area contributed by atoms with Crippen molar-refractivity contribution in [3.05, 3.63) is 29.6 Å². The molecule has 0 amide bonds. The van der Waals surface area contributed by atoms with E-state index < -0.39 is 0 Å². The summed E-state index contributed by atoms with van der Waals surface area (Å²) in [7, 11) is 0. The number of hydrogen-bond acceptors (Lipinski definition) is 3. The van der Waals surface area contributed by atoms with Gasteiger partial charge < -0.3 is 15.3 Å². The lowest BCUT2D eigenvalue weighted by atomic mass is 10.1. The Hall–Kier alpha value is -1.13. The molecule has 0 aliphatic carbocycles. The van der Waals surface area contributed by atoms with Crippen molar-refractivity contribution in [3.63, 3.8) is 0 Å². The minimum atomic E-state index is -0.204. The summed E-state index contributed by atoms with van der Waals surface area (Å²) in [6.45, 7) is 7.45. The van der Waals surface area contributed by atoms with Gasteiger partial charge in [0.1, 0.15) is 5.82 Å². The predicted octanol–water partition coefficient (Wildman–Crippen LogP) is 2.14. The Kier molecular flexibility index (Phi) is 6.68. The summed E-state index contributed by atoms with van der Waals surface area (Å²) in [5, 5.41) is 12.1. The zero-order valence-corrected chi connectivity index (χ0v) is 11.2. The fourth-order valence-electron chi connectivity index (χ4n) is 1.97. The molecule has 4 heteroatoms. The van der Waals surface area contributed by atoms with Crippen LogP contribution in [0.2, 0.25) is 0 Å². The summed E-state index contributed by atoms with van der Waals surface area (Å²) < 4.78 is 13.3. The van der Waals surface area contributed by atoms with Crippen LogP contribution in [-0.4, -0.2) is 31.3 Å². The molecule has 3 nitrogen and oxygen atoms in total. The van der Waals surface area contributed by atoms with Crippen LogP contribution in [0.3, 0.4) is 0 Å². The number of benzene rings is 1. The highest BCUT2D eigenvalue weighted by Gasteiger charge is 2.10. The highest BCUT2D eigenvalue weighted by Crippen LogP contribution is 2.22. The van der Waals surface area contributed by atoms with Crippen molar-refractivity contribution < 1.29 is 9.50 Å². The molecule has 0 unspecified atom stereocenters. The zero-order valence-electron chi connectivity index (χ0n) is 11.2. The summed E-state index contributed by atoms with van der Waals surface area (Å²) in [6, 6.07) is 4.90. The van der Waals surface area contributed by atoms with Gasteiger partial charge in [-0.2, -0.15) is 0 Å². The zero-order chi connectivity index (χ0) is 13.4. The predicted molar refractivity (Wildman–Crippen MR) is 73.4 cm³/mol. The Bertz CT molecular complexity index is 358. The highest BCUT2D eigenvalue weighted by atomic mass is 19.1. The van der Waals surface area contributed by atoms with E-state index in [4.69, 9.17) is 5.11 Å². The monoisotopic (exact) mass is 254 g/mol. The Morgan fingerprint density at radius 3 is 2.72 bits per heavy atom. The average molecular weight is 254 g/mol. The molecule has 18 heavy (non-hydrogen) atoms. The van der Waals surface area contributed by atoms with Crippen LogP contribution in [-0.2, 0) is 6.54 Å². The number of aliphatic hydroxyl groups excluding tert-OH is 1. The van der Waals surface area contributed by atoms with Gasteiger partial charge in [-0.15, -0.1) is 0 Å². The van der Waals surface area contributed by atoms with Gasteiger partial charge in [-0.05, 0) is 43.7 Å². The number of halogens is 1. The molecule has 102 valence electrons. The Labute approximate surface area is 109 Å². The number of nitrogens with zero attached hydrogens (tertiary/aromatic N) is 1. The van der Waals surface area contributed by atoms with Gasteiger partial charge in [0, 0.05) is 31.9 Å². The molecule has 0 bridgehead atoms. The highest BCUT2D eigenvalue weighted by molar-refractivity contribution is 5.53. The third kappa shape index (κ3) is 4.27. The van der Waals surface area contributed by atoms with Crippen molar-refractivity contribution in [3.8, 4) is 0 Å². The summed E-state index contributed by atoms with van der Waals surface area (Å²) in [5.41, 5.74) is 2.02. The standard InChI is InChI=1S/C14H23FN2O/c1-3-16-11-12-10-13(15)6-7-14(12)17(4-2)8-5-9-18/h6-7,10,16,18H,3-5,8-9,11H2,1-2H3. The first kappa shape index (κ1) is 14.9. The molecule has 1 rings (SSSR count). The average Bonchev–Trinajstić information content (AvgIpc) is 2.38. The first-order valence-electron chi connectivity index (χ1n) is 6.57. The maximum atomic E-state index is 13.3. The van der Waals surface area contributed by atoms with E-state index in [2.05, 4.69) is 17.1 Å². The molecular formula is C14H23FN2O. The van der Waals surface area contributed by atoms with Crippen molar-refractivity contribution in [1.29, 1.82) is 0 Å². The molecule has 1 aromatic carbocycles. The van der Waals surface area contributed by atoms with Crippen LogP contribution in [0.4, 0.5) is 10.1 Å². The molecule has 0 aliphatic heterocycles. The van der Waals surface area contributed by atoms with Crippen LogP contribution in [0.5, 0.6) is 0 Å². The third-order valence-corrected chi connectivity index (χ3v) is 2.92. The largest absolute Gasteiger partial charge is 0.396 e. The van der Waals surface area contributed by atoms with Crippen molar-refractivity contribution in [2.24, 2.45) is 0 Å².